The molecule has 1 saturated heterocycles. The van der Waals surface area contributed by atoms with Crippen molar-refractivity contribution in [2.75, 3.05) is 31.1 Å². The molecule has 118 valence electrons. The summed E-state index contributed by atoms with van der Waals surface area (Å²) in [5, 5.41) is 9.50. The number of phenolic OH excluding ortho intramolecular Hbond substituents is 1. The molecule has 6 nitrogen and oxygen atoms in total. The monoisotopic (exact) mass is 304 g/mol. The molecule has 0 unspecified atom stereocenters. The topological polar surface area (TPSA) is 70.1 Å². The van der Waals surface area contributed by atoms with Gasteiger partial charge in [-0.05, 0) is 25.0 Å². The SMILES string of the molecule is O=C(CN1C(=O)COc2cc(O)ccc21)N1CCCCCC1. The fraction of sp³-hybridized carbons (Fsp3) is 0.500. The van der Waals surface area contributed by atoms with Crippen LogP contribution >= 0.6 is 0 Å². The molecule has 3 rings (SSSR count). The van der Waals surface area contributed by atoms with Gasteiger partial charge in [-0.25, -0.2) is 0 Å². The lowest BCUT2D eigenvalue weighted by Crippen LogP contribution is -2.46. The first-order valence-electron chi connectivity index (χ1n) is 7.69. The van der Waals surface area contributed by atoms with E-state index in [0.29, 0.717) is 11.4 Å². The number of phenols is 1. The number of aromatic hydroxyl groups is 1. The normalized spacial score (nSPS) is 18.5. The predicted octanol–water partition coefficient (Wildman–Crippen LogP) is 1.52. The van der Waals surface area contributed by atoms with Gasteiger partial charge in [-0.1, -0.05) is 12.8 Å². The highest BCUT2D eigenvalue weighted by atomic mass is 16.5. The number of anilines is 1. The van der Waals surface area contributed by atoms with Gasteiger partial charge < -0.3 is 14.7 Å². The number of hydrogen-bond donors (Lipinski definition) is 1. The van der Waals surface area contributed by atoms with Crippen molar-refractivity contribution in [3.63, 3.8) is 0 Å². The van der Waals surface area contributed by atoms with E-state index in [1.165, 1.54) is 17.0 Å². The lowest BCUT2D eigenvalue weighted by Gasteiger charge is -2.31. The molecule has 1 aromatic carbocycles. The van der Waals surface area contributed by atoms with Gasteiger partial charge >= 0.3 is 0 Å². The second-order valence-corrected chi connectivity index (χ2v) is 5.72. The summed E-state index contributed by atoms with van der Waals surface area (Å²) in [4.78, 5) is 27.9. The first kappa shape index (κ1) is 14.7. The van der Waals surface area contributed by atoms with E-state index < -0.39 is 0 Å². The van der Waals surface area contributed by atoms with Gasteiger partial charge in [-0.3, -0.25) is 14.5 Å². The van der Waals surface area contributed by atoms with E-state index >= 15 is 0 Å². The van der Waals surface area contributed by atoms with Gasteiger partial charge in [-0.2, -0.15) is 0 Å². The minimum absolute atomic E-state index is 0.0277. The number of benzene rings is 1. The predicted molar refractivity (Wildman–Crippen MR) is 81.0 cm³/mol. The Hall–Kier alpha value is -2.24. The summed E-state index contributed by atoms with van der Waals surface area (Å²) >= 11 is 0. The molecule has 2 amide bonds. The van der Waals surface area contributed by atoms with Crippen LogP contribution in [0.4, 0.5) is 5.69 Å². The molecule has 0 atom stereocenters. The van der Waals surface area contributed by atoms with E-state index in [2.05, 4.69) is 0 Å². The lowest BCUT2D eigenvalue weighted by atomic mass is 10.2. The van der Waals surface area contributed by atoms with Crippen molar-refractivity contribution >= 4 is 17.5 Å². The van der Waals surface area contributed by atoms with Gasteiger partial charge in [-0.15, -0.1) is 0 Å². The maximum Gasteiger partial charge on any atom is 0.265 e. The summed E-state index contributed by atoms with van der Waals surface area (Å²) in [6.45, 7) is 1.45. The first-order chi connectivity index (χ1) is 10.6. The molecule has 0 saturated carbocycles. The zero-order chi connectivity index (χ0) is 15.5. The second kappa shape index (κ2) is 6.25. The van der Waals surface area contributed by atoms with E-state index in [4.69, 9.17) is 4.74 Å². The van der Waals surface area contributed by atoms with E-state index in [-0.39, 0.29) is 30.7 Å². The van der Waals surface area contributed by atoms with Gasteiger partial charge in [0, 0.05) is 19.2 Å². The third-order valence-electron chi connectivity index (χ3n) is 4.14. The Morgan fingerprint density at radius 1 is 1.18 bits per heavy atom. The molecule has 6 heteroatoms. The Labute approximate surface area is 129 Å². The van der Waals surface area contributed by atoms with Crippen LogP contribution in [0.25, 0.3) is 0 Å². The summed E-state index contributed by atoms with van der Waals surface area (Å²) in [6.07, 6.45) is 4.35. The Morgan fingerprint density at radius 3 is 2.64 bits per heavy atom. The molecule has 2 aliphatic heterocycles. The number of likely N-dealkylation sites (tertiary alicyclic amines) is 1. The number of ether oxygens (including phenoxy) is 1. The maximum atomic E-state index is 12.5. The highest BCUT2D eigenvalue weighted by Crippen LogP contribution is 2.34. The summed E-state index contributed by atoms with van der Waals surface area (Å²) in [6, 6.07) is 4.56. The van der Waals surface area contributed by atoms with Crippen LogP contribution < -0.4 is 9.64 Å². The van der Waals surface area contributed by atoms with Crippen molar-refractivity contribution in [2.45, 2.75) is 25.7 Å². The van der Waals surface area contributed by atoms with Gasteiger partial charge in [0.1, 0.15) is 18.0 Å². The van der Waals surface area contributed by atoms with Crippen LogP contribution in [0.3, 0.4) is 0 Å². The minimum Gasteiger partial charge on any atom is -0.508 e. The number of hydrogen-bond acceptors (Lipinski definition) is 4. The van der Waals surface area contributed by atoms with E-state index in [9.17, 15) is 14.7 Å². The fourth-order valence-corrected chi connectivity index (χ4v) is 2.92. The molecule has 1 fully saturated rings. The zero-order valence-electron chi connectivity index (χ0n) is 12.5. The smallest absolute Gasteiger partial charge is 0.265 e. The third-order valence-corrected chi connectivity index (χ3v) is 4.14. The molecule has 0 spiro atoms. The van der Waals surface area contributed by atoms with Crippen molar-refractivity contribution in [3.8, 4) is 11.5 Å². The van der Waals surface area contributed by atoms with Gasteiger partial charge in [0.2, 0.25) is 5.91 Å². The van der Waals surface area contributed by atoms with Crippen molar-refractivity contribution in [1.29, 1.82) is 0 Å². The van der Waals surface area contributed by atoms with E-state index in [1.807, 2.05) is 4.90 Å². The number of carbonyl (C=O) groups is 2. The van der Waals surface area contributed by atoms with Crippen LogP contribution in [0.5, 0.6) is 11.5 Å². The second-order valence-electron chi connectivity index (χ2n) is 5.72. The summed E-state index contributed by atoms with van der Waals surface area (Å²) in [5.74, 6) is 0.243. The fourth-order valence-electron chi connectivity index (χ4n) is 2.92. The molecule has 0 radical (unpaired) electrons. The van der Waals surface area contributed by atoms with Crippen LogP contribution in [0.2, 0.25) is 0 Å². The molecular weight excluding hydrogens is 284 g/mol. The number of rotatable bonds is 2. The van der Waals surface area contributed by atoms with Crippen LogP contribution in [0.1, 0.15) is 25.7 Å². The van der Waals surface area contributed by atoms with Crippen LogP contribution in [0, 0.1) is 0 Å². The van der Waals surface area contributed by atoms with E-state index in [0.717, 1.165) is 38.8 Å². The van der Waals surface area contributed by atoms with Crippen molar-refractivity contribution < 1.29 is 19.4 Å². The molecule has 0 bridgehead atoms. The Balaban J connectivity index is 1.76. The van der Waals surface area contributed by atoms with Crippen LogP contribution in [-0.2, 0) is 9.59 Å². The minimum atomic E-state index is -0.235. The highest BCUT2D eigenvalue weighted by Gasteiger charge is 2.29. The summed E-state index contributed by atoms with van der Waals surface area (Å²) < 4.78 is 5.32. The van der Waals surface area contributed by atoms with Crippen LogP contribution in [0.15, 0.2) is 18.2 Å². The number of nitrogens with zero attached hydrogens (tertiary/aromatic N) is 2. The molecule has 0 aromatic heterocycles. The van der Waals surface area contributed by atoms with Gasteiger partial charge in [0.25, 0.3) is 5.91 Å². The lowest BCUT2D eigenvalue weighted by molar-refractivity contribution is -0.132. The number of fused-ring (bicyclic) bond motifs is 1. The van der Waals surface area contributed by atoms with Crippen molar-refractivity contribution in [2.24, 2.45) is 0 Å². The zero-order valence-corrected chi connectivity index (χ0v) is 12.5. The molecule has 1 aromatic rings. The third kappa shape index (κ3) is 3.00. The number of carbonyl (C=O) groups excluding carboxylic acids is 2. The largest absolute Gasteiger partial charge is 0.508 e. The standard InChI is InChI=1S/C16H20N2O4/c19-12-5-6-13-14(9-12)22-11-16(21)18(13)10-15(20)17-7-3-1-2-4-8-17/h5-6,9,19H,1-4,7-8,10-11H2. The maximum absolute atomic E-state index is 12.5. The van der Waals surface area contributed by atoms with Gasteiger partial charge in [0.15, 0.2) is 6.61 Å². The highest BCUT2D eigenvalue weighted by molar-refractivity contribution is 6.02. The molecule has 2 heterocycles. The Bertz CT molecular complexity index is 580. The Kier molecular flexibility index (Phi) is 4.18. The molecule has 1 N–H and O–H groups in total. The molecule has 0 aliphatic carbocycles. The van der Waals surface area contributed by atoms with Crippen LogP contribution in [-0.4, -0.2) is 48.1 Å². The van der Waals surface area contributed by atoms with Crippen molar-refractivity contribution in [3.05, 3.63) is 18.2 Å². The summed E-state index contributed by atoms with van der Waals surface area (Å²) in [7, 11) is 0. The van der Waals surface area contributed by atoms with Gasteiger partial charge in [0.05, 0.1) is 5.69 Å². The summed E-state index contributed by atoms with van der Waals surface area (Å²) in [5.41, 5.74) is 0.539. The van der Waals surface area contributed by atoms with Crippen molar-refractivity contribution in [1.82, 2.24) is 4.90 Å². The van der Waals surface area contributed by atoms with E-state index in [1.54, 1.807) is 6.07 Å². The average Bonchev–Trinajstić information content (AvgIpc) is 2.79. The average molecular weight is 304 g/mol. The molecule has 22 heavy (non-hydrogen) atoms. The number of amides is 2. The first-order valence-corrected chi connectivity index (χ1v) is 7.69. The molecular formula is C16H20N2O4. The quantitative estimate of drug-likeness (QED) is 0.899. The molecule has 2 aliphatic rings. The Morgan fingerprint density at radius 2 is 1.91 bits per heavy atom.